The van der Waals surface area contributed by atoms with Crippen molar-refractivity contribution in [3.8, 4) is 23.0 Å². The minimum atomic E-state index is -0.478. The van der Waals surface area contributed by atoms with Crippen LogP contribution in [0.5, 0.6) is 23.0 Å². The van der Waals surface area contributed by atoms with E-state index in [1.54, 1.807) is 23.1 Å². The summed E-state index contributed by atoms with van der Waals surface area (Å²) in [5.41, 5.74) is 3.79. The first-order valence-corrected chi connectivity index (χ1v) is 14.6. The minimum absolute atomic E-state index is 0.0534. The second kappa shape index (κ2) is 13.0. The molecule has 0 fully saturated rings. The van der Waals surface area contributed by atoms with Crippen molar-refractivity contribution in [3.05, 3.63) is 94.4 Å². The molecular formula is C33H33N3O5S. The van der Waals surface area contributed by atoms with Crippen LogP contribution in [0.2, 0.25) is 0 Å². The third-order valence-electron chi connectivity index (χ3n) is 7.14. The van der Waals surface area contributed by atoms with E-state index >= 15 is 0 Å². The summed E-state index contributed by atoms with van der Waals surface area (Å²) in [5, 5.41) is 11.3. The van der Waals surface area contributed by atoms with E-state index in [2.05, 4.69) is 31.0 Å². The number of nitrogens with one attached hydrogen (secondary N) is 1. The van der Waals surface area contributed by atoms with Crippen LogP contribution in [0.3, 0.4) is 0 Å². The van der Waals surface area contributed by atoms with Crippen LogP contribution in [0.25, 0.3) is 11.8 Å². The predicted octanol–water partition coefficient (Wildman–Crippen LogP) is 6.98. The fourth-order valence-electron chi connectivity index (χ4n) is 4.64. The Balaban J connectivity index is 1.31. The zero-order valence-corrected chi connectivity index (χ0v) is 24.9. The number of carbonyl (C=O) groups excluding carboxylic acids is 1. The lowest BCUT2D eigenvalue weighted by atomic mass is 9.99. The van der Waals surface area contributed by atoms with Crippen molar-refractivity contribution >= 4 is 40.4 Å². The lowest BCUT2D eigenvalue weighted by molar-refractivity contribution is -0.114. The van der Waals surface area contributed by atoms with Gasteiger partial charge in [-0.3, -0.25) is 15.1 Å². The topological polar surface area (TPSA) is 93.4 Å². The van der Waals surface area contributed by atoms with Crippen molar-refractivity contribution < 1.29 is 23.7 Å². The van der Waals surface area contributed by atoms with Gasteiger partial charge in [-0.05, 0) is 59.4 Å². The van der Waals surface area contributed by atoms with E-state index in [0.29, 0.717) is 40.5 Å². The van der Waals surface area contributed by atoms with Crippen molar-refractivity contribution in [1.29, 1.82) is 5.41 Å². The second-order valence-electron chi connectivity index (χ2n) is 9.76. The van der Waals surface area contributed by atoms with Crippen LogP contribution in [-0.4, -0.2) is 49.2 Å². The monoisotopic (exact) mass is 583 g/mol. The summed E-state index contributed by atoms with van der Waals surface area (Å²) >= 11 is 1.33. The molecule has 2 aliphatic heterocycles. The summed E-state index contributed by atoms with van der Waals surface area (Å²) in [6.07, 6.45) is 2.71. The van der Waals surface area contributed by atoms with E-state index in [-0.39, 0.29) is 18.0 Å². The Bertz CT molecular complexity index is 1540. The molecule has 216 valence electrons. The van der Waals surface area contributed by atoms with Crippen LogP contribution in [-0.2, 0) is 4.79 Å². The maximum absolute atomic E-state index is 13.0. The Labute approximate surface area is 250 Å². The smallest absolute Gasteiger partial charge is 0.283 e. The molecule has 9 heteroatoms. The molecule has 2 aliphatic rings. The first-order valence-electron chi connectivity index (χ1n) is 13.7. The summed E-state index contributed by atoms with van der Waals surface area (Å²) in [6.45, 7) is 4.98. The average Bonchev–Trinajstić information content (AvgIpc) is 3.45. The van der Waals surface area contributed by atoms with E-state index < -0.39 is 5.91 Å². The van der Waals surface area contributed by atoms with Crippen LogP contribution in [0.15, 0.2) is 82.7 Å². The minimum Gasteiger partial charge on any atom is -0.493 e. The molecule has 1 N–H and O–H groups in total. The van der Waals surface area contributed by atoms with Gasteiger partial charge in [0.1, 0.15) is 24.8 Å². The molecule has 0 aliphatic carbocycles. The third-order valence-corrected chi connectivity index (χ3v) is 7.96. The van der Waals surface area contributed by atoms with Crippen LogP contribution in [0, 0.1) is 5.41 Å². The van der Waals surface area contributed by atoms with Crippen LogP contribution >= 0.6 is 11.8 Å². The average molecular weight is 584 g/mol. The Morgan fingerprint density at radius 3 is 2.29 bits per heavy atom. The zero-order chi connectivity index (χ0) is 29.6. The third kappa shape index (κ3) is 6.06. The summed E-state index contributed by atoms with van der Waals surface area (Å²) in [6, 6.07) is 21.3. The van der Waals surface area contributed by atoms with Gasteiger partial charge in [0.15, 0.2) is 16.7 Å². The number of fused-ring (bicyclic) bond motifs is 1. The highest BCUT2D eigenvalue weighted by atomic mass is 32.2. The van der Waals surface area contributed by atoms with E-state index in [1.165, 1.54) is 31.5 Å². The van der Waals surface area contributed by atoms with Gasteiger partial charge in [0.25, 0.3) is 5.91 Å². The van der Waals surface area contributed by atoms with Gasteiger partial charge in [-0.1, -0.05) is 68.1 Å². The Morgan fingerprint density at radius 2 is 1.64 bits per heavy atom. The zero-order valence-electron chi connectivity index (χ0n) is 24.0. The quantitative estimate of drug-likeness (QED) is 0.192. The number of nitrogens with zero attached hydrogens (tertiary/aromatic N) is 2. The second-order valence-corrected chi connectivity index (χ2v) is 10.6. The number of ether oxygens (including phenoxy) is 4. The lowest BCUT2D eigenvalue weighted by Crippen LogP contribution is -2.38. The molecule has 1 atom stereocenters. The van der Waals surface area contributed by atoms with E-state index in [4.69, 9.17) is 24.4 Å². The van der Waals surface area contributed by atoms with Gasteiger partial charge in [0.05, 0.1) is 25.5 Å². The van der Waals surface area contributed by atoms with Crippen molar-refractivity contribution in [2.45, 2.75) is 26.2 Å². The Hall–Kier alpha value is -4.50. The molecule has 0 saturated heterocycles. The van der Waals surface area contributed by atoms with Gasteiger partial charge in [-0.2, -0.15) is 4.99 Å². The molecular weight excluding hydrogens is 550 g/mol. The summed E-state index contributed by atoms with van der Waals surface area (Å²) in [5.74, 6) is 2.15. The van der Waals surface area contributed by atoms with Crippen molar-refractivity contribution in [3.63, 3.8) is 0 Å². The molecule has 5 rings (SSSR count). The number of hydrogen-bond acceptors (Lipinski definition) is 7. The number of amidine groups is 2. The highest BCUT2D eigenvalue weighted by molar-refractivity contribution is 8.17. The normalized spacial score (nSPS) is 16.1. The molecule has 0 unspecified atom stereocenters. The molecule has 0 aromatic heterocycles. The molecule has 2 heterocycles. The molecule has 42 heavy (non-hydrogen) atoms. The SMILES string of the molecule is CC[C@@H](C)c1ccc(OCCOc2c(OC)cc(/C=C3/C(=N)N4C(c5ccccc5)=CSC4=NC3=O)cc2OC)cc1. The summed E-state index contributed by atoms with van der Waals surface area (Å²) in [7, 11) is 3.08. The highest BCUT2D eigenvalue weighted by Crippen LogP contribution is 2.41. The molecule has 0 spiro atoms. The molecule has 8 nitrogen and oxygen atoms in total. The van der Waals surface area contributed by atoms with E-state index in [9.17, 15) is 4.79 Å². The molecule has 0 saturated carbocycles. The fraction of sp³-hybridized carbons (Fsp3) is 0.242. The Morgan fingerprint density at radius 1 is 0.976 bits per heavy atom. The maximum atomic E-state index is 13.0. The van der Waals surface area contributed by atoms with Crippen LogP contribution in [0.1, 0.15) is 42.9 Å². The lowest BCUT2D eigenvalue weighted by Gasteiger charge is -2.27. The van der Waals surface area contributed by atoms with Crippen LogP contribution in [0.4, 0.5) is 0 Å². The number of benzene rings is 3. The largest absolute Gasteiger partial charge is 0.493 e. The van der Waals surface area contributed by atoms with Crippen molar-refractivity contribution in [2.24, 2.45) is 4.99 Å². The number of hydrogen-bond donors (Lipinski definition) is 1. The van der Waals surface area contributed by atoms with Crippen molar-refractivity contribution in [1.82, 2.24) is 4.90 Å². The van der Waals surface area contributed by atoms with E-state index in [0.717, 1.165) is 23.4 Å². The predicted molar refractivity (Wildman–Crippen MR) is 168 cm³/mol. The fourth-order valence-corrected chi connectivity index (χ4v) is 5.53. The maximum Gasteiger partial charge on any atom is 0.283 e. The van der Waals surface area contributed by atoms with Crippen LogP contribution < -0.4 is 18.9 Å². The molecule has 0 radical (unpaired) electrons. The molecule has 3 aromatic rings. The number of thioether (sulfide) groups is 1. The molecule has 0 bridgehead atoms. The Kier molecular flexibility index (Phi) is 8.97. The summed E-state index contributed by atoms with van der Waals surface area (Å²) in [4.78, 5) is 18.9. The number of carbonyl (C=O) groups is 1. The number of methoxy groups -OCH3 is 2. The first-order chi connectivity index (χ1) is 20.4. The number of rotatable bonds is 11. The van der Waals surface area contributed by atoms with Gasteiger partial charge in [0, 0.05) is 5.41 Å². The highest BCUT2D eigenvalue weighted by Gasteiger charge is 2.36. The van der Waals surface area contributed by atoms with Gasteiger partial charge < -0.3 is 18.9 Å². The molecule has 3 aromatic carbocycles. The van der Waals surface area contributed by atoms with Gasteiger partial charge in [-0.15, -0.1) is 0 Å². The van der Waals surface area contributed by atoms with Gasteiger partial charge >= 0.3 is 0 Å². The standard InChI is InChI=1S/C33H33N3O5S/c1-5-21(2)23-11-13-25(14-12-23)40-15-16-41-30-28(38-3)18-22(19-29(30)39-4)17-26-31(34)36-27(24-9-7-6-8-10-24)20-42-33(36)35-32(26)37/h6-14,17-21,34H,5,15-16H2,1-4H3/b26-17-,34-31?/t21-/m1/s1. The first kappa shape index (κ1) is 29.0. The van der Waals surface area contributed by atoms with Crippen molar-refractivity contribution in [2.75, 3.05) is 27.4 Å². The summed E-state index contributed by atoms with van der Waals surface area (Å²) < 4.78 is 23.1. The van der Waals surface area contributed by atoms with Gasteiger partial charge in [-0.25, -0.2) is 0 Å². The van der Waals surface area contributed by atoms with E-state index in [1.807, 2.05) is 47.9 Å². The van der Waals surface area contributed by atoms with Gasteiger partial charge in [0.2, 0.25) is 5.75 Å². The molecule has 1 amide bonds. The number of amides is 1. The number of aliphatic imine (C=N–C) groups is 1.